The first kappa shape index (κ1) is 20.1. The Morgan fingerprint density at radius 2 is 1.82 bits per heavy atom. The Bertz CT molecular complexity index is 815. The van der Waals surface area contributed by atoms with Gasteiger partial charge < -0.3 is 10.6 Å². The lowest BCUT2D eigenvalue weighted by Crippen LogP contribution is -2.55. The van der Waals surface area contributed by atoms with Crippen LogP contribution in [0.1, 0.15) is 29.9 Å². The average molecular weight is 392 g/mol. The molecule has 28 heavy (non-hydrogen) atoms. The lowest BCUT2D eigenvalue weighted by Gasteiger charge is -2.41. The van der Waals surface area contributed by atoms with E-state index in [1.54, 1.807) is 12.1 Å². The highest BCUT2D eigenvalue weighted by Gasteiger charge is 2.33. The predicted octanol–water partition coefficient (Wildman–Crippen LogP) is 4.10. The van der Waals surface area contributed by atoms with Crippen LogP contribution >= 0.6 is 0 Å². The van der Waals surface area contributed by atoms with E-state index >= 15 is 0 Å². The number of aromatic nitrogens is 1. The van der Waals surface area contributed by atoms with Crippen molar-refractivity contribution in [1.82, 2.24) is 9.88 Å². The second-order valence-electron chi connectivity index (χ2n) is 7.41. The highest BCUT2D eigenvalue weighted by atomic mass is 19.4. The topological polar surface area (TPSA) is 57.3 Å². The molecule has 1 aromatic heterocycles. The Morgan fingerprint density at radius 1 is 1.18 bits per heavy atom. The van der Waals surface area contributed by atoms with Crippen LogP contribution in [0.5, 0.6) is 0 Å². The van der Waals surface area contributed by atoms with Gasteiger partial charge in [0.15, 0.2) is 0 Å². The molecule has 1 aliphatic rings. The zero-order chi connectivity index (χ0) is 20.3. The molecule has 150 valence electrons. The maximum atomic E-state index is 12.7. The lowest BCUT2D eigenvalue weighted by atomic mass is 10.1. The van der Waals surface area contributed by atoms with Crippen molar-refractivity contribution in [3.8, 4) is 0 Å². The fourth-order valence-corrected chi connectivity index (χ4v) is 3.14. The quantitative estimate of drug-likeness (QED) is 0.777. The number of carbonyl (C=O) groups excluding carboxylic acids is 1. The molecule has 1 fully saturated rings. The molecule has 0 aliphatic carbocycles. The summed E-state index contributed by atoms with van der Waals surface area (Å²) >= 11 is 0. The van der Waals surface area contributed by atoms with Gasteiger partial charge >= 0.3 is 6.18 Å². The third kappa shape index (κ3) is 5.22. The molecule has 0 atom stereocenters. The zero-order valence-electron chi connectivity index (χ0n) is 15.8. The first-order valence-corrected chi connectivity index (χ1v) is 9.14. The molecular formula is C20H23F3N4O. The summed E-state index contributed by atoms with van der Waals surface area (Å²) in [6, 6.07) is 9.51. The van der Waals surface area contributed by atoms with Gasteiger partial charge in [-0.2, -0.15) is 13.2 Å². The molecule has 1 amide bonds. The van der Waals surface area contributed by atoms with Crippen LogP contribution in [0.25, 0.3) is 0 Å². The molecule has 2 heterocycles. The Morgan fingerprint density at radius 3 is 2.43 bits per heavy atom. The number of halogens is 3. The van der Waals surface area contributed by atoms with E-state index in [2.05, 4.69) is 34.4 Å². The summed E-state index contributed by atoms with van der Waals surface area (Å²) in [5.41, 5.74) is 0.266. The van der Waals surface area contributed by atoms with Gasteiger partial charge in [-0.15, -0.1) is 0 Å². The zero-order valence-corrected chi connectivity index (χ0v) is 15.8. The van der Waals surface area contributed by atoms with Crippen molar-refractivity contribution < 1.29 is 18.0 Å². The number of pyridine rings is 1. The van der Waals surface area contributed by atoms with E-state index in [9.17, 15) is 18.0 Å². The largest absolute Gasteiger partial charge is 0.433 e. The average Bonchev–Trinajstić information content (AvgIpc) is 2.60. The Balaban J connectivity index is 1.54. The summed E-state index contributed by atoms with van der Waals surface area (Å²) in [5.74, 6) is 0.0355. The van der Waals surface area contributed by atoms with Crippen molar-refractivity contribution in [1.29, 1.82) is 0 Å². The number of rotatable bonds is 6. The number of alkyl halides is 3. The molecule has 0 spiro atoms. The molecule has 2 aromatic rings. The number of anilines is 2. The van der Waals surface area contributed by atoms with Crippen LogP contribution in [0.15, 0.2) is 42.6 Å². The Labute approximate surface area is 162 Å². The maximum Gasteiger partial charge on any atom is 0.433 e. The van der Waals surface area contributed by atoms with E-state index in [0.717, 1.165) is 37.6 Å². The van der Waals surface area contributed by atoms with Gasteiger partial charge in [0.05, 0.1) is 6.04 Å². The van der Waals surface area contributed by atoms with E-state index in [1.807, 2.05) is 12.1 Å². The first-order chi connectivity index (χ1) is 13.2. The van der Waals surface area contributed by atoms with Gasteiger partial charge in [0.1, 0.15) is 5.69 Å². The standard InChI is InChI=1S/C20H23F3N4O/c1-13(2)10-27-11-17(12-27)25-15-3-5-16(6-4-15)26-19(28)14-7-8-24-18(9-14)20(21,22)23/h3-9,13,17,25H,10-12H2,1-2H3,(H,26,28). The number of benzene rings is 1. The molecule has 3 rings (SSSR count). The van der Waals surface area contributed by atoms with Crippen LogP contribution in [0.2, 0.25) is 0 Å². The second-order valence-corrected chi connectivity index (χ2v) is 7.41. The van der Waals surface area contributed by atoms with Gasteiger partial charge in [0.2, 0.25) is 0 Å². The van der Waals surface area contributed by atoms with E-state index in [-0.39, 0.29) is 5.56 Å². The number of likely N-dealkylation sites (tertiary alicyclic amines) is 1. The number of nitrogens with zero attached hydrogens (tertiary/aromatic N) is 2. The van der Waals surface area contributed by atoms with E-state index in [0.29, 0.717) is 17.6 Å². The number of amides is 1. The van der Waals surface area contributed by atoms with Crippen LogP contribution in [0.4, 0.5) is 24.5 Å². The Hall–Kier alpha value is -2.61. The van der Waals surface area contributed by atoms with Crippen molar-refractivity contribution in [2.24, 2.45) is 5.92 Å². The van der Waals surface area contributed by atoms with E-state index in [1.165, 1.54) is 6.07 Å². The number of nitrogens with one attached hydrogen (secondary N) is 2. The summed E-state index contributed by atoms with van der Waals surface area (Å²) in [6.07, 6.45) is -3.61. The molecular weight excluding hydrogens is 369 g/mol. The van der Waals surface area contributed by atoms with Crippen molar-refractivity contribution in [2.45, 2.75) is 26.1 Å². The molecule has 0 saturated carbocycles. The second kappa shape index (κ2) is 8.18. The van der Waals surface area contributed by atoms with Gasteiger partial charge in [0.25, 0.3) is 5.91 Å². The van der Waals surface area contributed by atoms with Crippen LogP contribution in [-0.4, -0.2) is 41.5 Å². The van der Waals surface area contributed by atoms with Crippen molar-refractivity contribution in [3.05, 3.63) is 53.9 Å². The Kier molecular flexibility index (Phi) is 5.88. The normalized spacial score (nSPS) is 15.4. The molecule has 1 aliphatic heterocycles. The fourth-order valence-electron chi connectivity index (χ4n) is 3.14. The van der Waals surface area contributed by atoms with Crippen LogP contribution < -0.4 is 10.6 Å². The highest BCUT2D eigenvalue weighted by Crippen LogP contribution is 2.28. The molecule has 0 radical (unpaired) electrons. The summed E-state index contributed by atoms with van der Waals surface area (Å²) in [4.78, 5) is 17.9. The third-order valence-electron chi connectivity index (χ3n) is 4.41. The summed E-state index contributed by atoms with van der Waals surface area (Å²) in [7, 11) is 0. The molecule has 2 N–H and O–H groups in total. The number of hydrogen-bond acceptors (Lipinski definition) is 4. The minimum atomic E-state index is -4.59. The van der Waals surface area contributed by atoms with Gasteiger partial charge in [-0.05, 0) is 42.3 Å². The molecule has 1 saturated heterocycles. The summed E-state index contributed by atoms with van der Waals surface area (Å²) < 4.78 is 38.2. The van der Waals surface area contributed by atoms with Crippen molar-refractivity contribution in [2.75, 3.05) is 30.3 Å². The SMILES string of the molecule is CC(C)CN1CC(Nc2ccc(NC(=O)c3ccnc(C(F)(F)F)c3)cc2)C1. The van der Waals surface area contributed by atoms with E-state index in [4.69, 9.17) is 0 Å². The molecule has 8 heteroatoms. The third-order valence-corrected chi connectivity index (χ3v) is 4.41. The molecule has 0 unspecified atom stereocenters. The maximum absolute atomic E-state index is 12.7. The minimum absolute atomic E-state index is 0.0933. The van der Waals surface area contributed by atoms with Crippen molar-refractivity contribution >= 4 is 17.3 Å². The monoisotopic (exact) mass is 392 g/mol. The van der Waals surface area contributed by atoms with Gasteiger partial charge in [-0.1, -0.05) is 13.8 Å². The van der Waals surface area contributed by atoms with Gasteiger partial charge in [-0.25, -0.2) is 0 Å². The molecule has 5 nitrogen and oxygen atoms in total. The van der Waals surface area contributed by atoms with E-state index < -0.39 is 17.8 Å². The smallest absolute Gasteiger partial charge is 0.380 e. The number of hydrogen-bond donors (Lipinski definition) is 2. The van der Waals surface area contributed by atoms with Crippen LogP contribution in [0, 0.1) is 5.92 Å². The van der Waals surface area contributed by atoms with Crippen LogP contribution in [0.3, 0.4) is 0 Å². The fraction of sp³-hybridized carbons (Fsp3) is 0.400. The summed E-state index contributed by atoms with van der Waals surface area (Å²) in [5, 5.41) is 6.03. The van der Waals surface area contributed by atoms with Gasteiger partial charge in [0, 0.05) is 42.8 Å². The molecule has 1 aromatic carbocycles. The highest BCUT2D eigenvalue weighted by molar-refractivity contribution is 6.04. The lowest BCUT2D eigenvalue weighted by molar-refractivity contribution is -0.141. The first-order valence-electron chi connectivity index (χ1n) is 9.14. The van der Waals surface area contributed by atoms with Crippen LogP contribution in [-0.2, 0) is 6.18 Å². The summed E-state index contributed by atoms with van der Waals surface area (Å²) in [6.45, 7) is 7.49. The number of carbonyl (C=O) groups is 1. The minimum Gasteiger partial charge on any atom is -0.380 e. The van der Waals surface area contributed by atoms with Crippen molar-refractivity contribution in [3.63, 3.8) is 0 Å². The van der Waals surface area contributed by atoms with Gasteiger partial charge in [-0.3, -0.25) is 14.7 Å². The predicted molar refractivity (Wildman–Crippen MR) is 102 cm³/mol. The molecule has 0 bridgehead atoms.